The quantitative estimate of drug-likeness (QED) is 0.872. The van der Waals surface area contributed by atoms with Crippen molar-refractivity contribution in [3.05, 3.63) is 28.8 Å². The third-order valence-electron chi connectivity index (χ3n) is 3.32. The van der Waals surface area contributed by atoms with Crippen LogP contribution < -0.4 is 10.5 Å². The Balaban J connectivity index is 1.92. The SMILES string of the molecule is CC(N)Cc1c(Cl)cccc1OCCC1CCCO1. The van der Waals surface area contributed by atoms with Crippen molar-refractivity contribution < 1.29 is 9.47 Å². The lowest BCUT2D eigenvalue weighted by Crippen LogP contribution is -2.19. The zero-order chi connectivity index (χ0) is 13.7. The first-order valence-corrected chi connectivity index (χ1v) is 7.32. The molecule has 19 heavy (non-hydrogen) atoms. The fraction of sp³-hybridized carbons (Fsp3) is 0.600. The Bertz CT molecular complexity index is 403. The van der Waals surface area contributed by atoms with E-state index in [1.165, 1.54) is 0 Å². The van der Waals surface area contributed by atoms with Crippen molar-refractivity contribution in [2.24, 2.45) is 5.73 Å². The van der Waals surface area contributed by atoms with E-state index in [0.717, 1.165) is 48.6 Å². The predicted molar refractivity (Wildman–Crippen MR) is 77.9 cm³/mol. The molecule has 2 unspecified atom stereocenters. The van der Waals surface area contributed by atoms with Gasteiger partial charge in [0, 0.05) is 29.7 Å². The highest BCUT2D eigenvalue weighted by Gasteiger charge is 2.16. The molecule has 1 saturated heterocycles. The van der Waals surface area contributed by atoms with Crippen LogP contribution in [0.2, 0.25) is 5.02 Å². The van der Waals surface area contributed by atoms with Crippen molar-refractivity contribution in [1.29, 1.82) is 0 Å². The first-order chi connectivity index (χ1) is 9.16. The highest BCUT2D eigenvalue weighted by atomic mass is 35.5. The zero-order valence-electron chi connectivity index (χ0n) is 11.4. The lowest BCUT2D eigenvalue weighted by molar-refractivity contribution is 0.0902. The summed E-state index contributed by atoms with van der Waals surface area (Å²) in [5.41, 5.74) is 6.86. The minimum atomic E-state index is 0.0698. The molecule has 2 rings (SSSR count). The number of ether oxygens (including phenoxy) is 2. The molecule has 2 atom stereocenters. The molecular weight excluding hydrogens is 262 g/mol. The standard InChI is InChI=1S/C15H22ClNO2/c1-11(17)10-13-14(16)5-2-6-15(13)19-9-7-12-4-3-8-18-12/h2,5-6,11-12H,3-4,7-10,17H2,1H3. The van der Waals surface area contributed by atoms with Crippen LogP contribution in [-0.4, -0.2) is 25.4 Å². The second-order valence-electron chi connectivity index (χ2n) is 5.17. The molecule has 0 aliphatic carbocycles. The normalized spacial score (nSPS) is 20.5. The summed E-state index contributed by atoms with van der Waals surface area (Å²) in [4.78, 5) is 0. The Morgan fingerprint density at radius 2 is 2.37 bits per heavy atom. The van der Waals surface area contributed by atoms with Crippen molar-refractivity contribution in [1.82, 2.24) is 0 Å². The van der Waals surface area contributed by atoms with E-state index < -0.39 is 0 Å². The summed E-state index contributed by atoms with van der Waals surface area (Å²) >= 11 is 6.22. The van der Waals surface area contributed by atoms with Crippen LogP contribution in [0, 0.1) is 0 Å². The van der Waals surface area contributed by atoms with Gasteiger partial charge in [0.25, 0.3) is 0 Å². The number of rotatable bonds is 6. The Labute approximate surface area is 120 Å². The van der Waals surface area contributed by atoms with Gasteiger partial charge in [-0.1, -0.05) is 17.7 Å². The molecule has 3 nitrogen and oxygen atoms in total. The van der Waals surface area contributed by atoms with Crippen LogP contribution >= 0.6 is 11.6 Å². The van der Waals surface area contributed by atoms with Gasteiger partial charge in [-0.2, -0.15) is 0 Å². The number of benzene rings is 1. The lowest BCUT2D eigenvalue weighted by Gasteiger charge is -2.16. The molecule has 1 aliphatic rings. The van der Waals surface area contributed by atoms with Crippen LogP contribution in [0.4, 0.5) is 0 Å². The topological polar surface area (TPSA) is 44.5 Å². The monoisotopic (exact) mass is 283 g/mol. The van der Waals surface area contributed by atoms with Crippen LogP contribution in [0.25, 0.3) is 0 Å². The Morgan fingerprint density at radius 1 is 1.53 bits per heavy atom. The van der Waals surface area contributed by atoms with Crippen LogP contribution in [0.5, 0.6) is 5.75 Å². The van der Waals surface area contributed by atoms with E-state index in [1.807, 2.05) is 25.1 Å². The molecule has 0 spiro atoms. The summed E-state index contributed by atoms with van der Waals surface area (Å²) in [6, 6.07) is 5.82. The molecule has 106 valence electrons. The summed E-state index contributed by atoms with van der Waals surface area (Å²) in [7, 11) is 0. The van der Waals surface area contributed by atoms with E-state index in [0.29, 0.717) is 12.7 Å². The van der Waals surface area contributed by atoms with E-state index in [-0.39, 0.29) is 6.04 Å². The van der Waals surface area contributed by atoms with Gasteiger partial charge in [-0.3, -0.25) is 0 Å². The molecule has 1 fully saturated rings. The number of halogens is 1. The predicted octanol–water partition coefficient (Wildman–Crippen LogP) is 3.18. The molecule has 0 bridgehead atoms. The van der Waals surface area contributed by atoms with Crippen molar-refractivity contribution >= 4 is 11.6 Å². The van der Waals surface area contributed by atoms with Gasteiger partial charge in [-0.05, 0) is 38.3 Å². The molecule has 0 amide bonds. The zero-order valence-corrected chi connectivity index (χ0v) is 12.2. The van der Waals surface area contributed by atoms with Crippen molar-refractivity contribution in [3.63, 3.8) is 0 Å². The third kappa shape index (κ3) is 4.37. The van der Waals surface area contributed by atoms with Gasteiger partial charge in [0.05, 0.1) is 12.7 Å². The second-order valence-corrected chi connectivity index (χ2v) is 5.58. The molecule has 4 heteroatoms. The largest absolute Gasteiger partial charge is 0.493 e. The molecule has 1 heterocycles. The molecule has 0 saturated carbocycles. The summed E-state index contributed by atoms with van der Waals surface area (Å²) < 4.78 is 11.4. The Hall–Kier alpha value is -0.770. The summed E-state index contributed by atoms with van der Waals surface area (Å²) in [6.07, 6.45) is 4.33. The molecule has 1 aromatic carbocycles. The maximum atomic E-state index is 6.22. The molecule has 1 aliphatic heterocycles. The fourth-order valence-corrected chi connectivity index (χ4v) is 2.61. The minimum absolute atomic E-state index is 0.0698. The van der Waals surface area contributed by atoms with Crippen molar-refractivity contribution in [2.75, 3.05) is 13.2 Å². The number of nitrogens with two attached hydrogens (primary N) is 1. The minimum Gasteiger partial charge on any atom is -0.493 e. The van der Waals surface area contributed by atoms with E-state index in [9.17, 15) is 0 Å². The average molecular weight is 284 g/mol. The van der Waals surface area contributed by atoms with Gasteiger partial charge in [0.1, 0.15) is 5.75 Å². The van der Waals surface area contributed by atoms with Crippen LogP contribution in [0.3, 0.4) is 0 Å². The van der Waals surface area contributed by atoms with Crippen LogP contribution in [-0.2, 0) is 11.2 Å². The highest BCUT2D eigenvalue weighted by Crippen LogP contribution is 2.28. The first-order valence-electron chi connectivity index (χ1n) is 6.94. The summed E-state index contributed by atoms with van der Waals surface area (Å²) in [6.45, 7) is 3.52. The summed E-state index contributed by atoms with van der Waals surface area (Å²) in [5, 5.41) is 0.729. The van der Waals surface area contributed by atoms with E-state index in [4.69, 9.17) is 26.8 Å². The highest BCUT2D eigenvalue weighted by molar-refractivity contribution is 6.31. The fourth-order valence-electron chi connectivity index (χ4n) is 2.37. The van der Waals surface area contributed by atoms with Gasteiger partial charge < -0.3 is 15.2 Å². The van der Waals surface area contributed by atoms with Gasteiger partial charge in [0.2, 0.25) is 0 Å². The molecule has 2 N–H and O–H groups in total. The van der Waals surface area contributed by atoms with Crippen LogP contribution in [0.1, 0.15) is 31.7 Å². The lowest BCUT2D eigenvalue weighted by atomic mass is 10.1. The molecule has 0 radical (unpaired) electrons. The smallest absolute Gasteiger partial charge is 0.124 e. The van der Waals surface area contributed by atoms with Gasteiger partial charge in [-0.15, -0.1) is 0 Å². The molecule has 1 aromatic rings. The Kier molecular flexibility index (Phi) is 5.49. The van der Waals surface area contributed by atoms with Gasteiger partial charge in [-0.25, -0.2) is 0 Å². The van der Waals surface area contributed by atoms with Crippen molar-refractivity contribution in [3.8, 4) is 5.75 Å². The maximum Gasteiger partial charge on any atom is 0.124 e. The molecular formula is C15H22ClNO2. The number of hydrogen-bond donors (Lipinski definition) is 1. The van der Waals surface area contributed by atoms with E-state index in [1.54, 1.807) is 0 Å². The maximum absolute atomic E-state index is 6.22. The van der Waals surface area contributed by atoms with Crippen molar-refractivity contribution in [2.45, 2.75) is 44.8 Å². The van der Waals surface area contributed by atoms with Gasteiger partial charge >= 0.3 is 0 Å². The third-order valence-corrected chi connectivity index (χ3v) is 3.68. The first kappa shape index (κ1) is 14.6. The molecule has 0 aromatic heterocycles. The van der Waals surface area contributed by atoms with Gasteiger partial charge in [0.15, 0.2) is 0 Å². The summed E-state index contributed by atoms with van der Waals surface area (Å²) in [5.74, 6) is 0.850. The second kappa shape index (κ2) is 7.13. The average Bonchev–Trinajstić information content (AvgIpc) is 2.86. The van der Waals surface area contributed by atoms with E-state index in [2.05, 4.69) is 0 Å². The van der Waals surface area contributed by atoms with Crippen LogP contribution in [0.15, 0.2) is 18.2 Å². The number of hydrogen-bond acceptors (Lipinski definition) is 3. The Morgan fingerprint density at radius 3 is 3.05 bits per heavy atom. The van der Waals surface area contributed by atoms with E-state index >= 15 is 0 Å².